The Labute approximate surface area is 182 Å². The summed E-state index contributed by atoms with van der Waals surface area (Å²) in [6, 6.07) is 9.46. The average Bonchev–Trinajstić information content (AvgIpc) is 3.15. The number of anilines is 1. The molecule has 2 aromatic heterocycles. The molecule has 0 aliphatic heterocycles. The Balaban J connectivity index is 1.68. The lowest BCUT2D eigenvalue weighted by Gasteiger charge is -2.11. The van der Waals surface area contributed by atoms with Gasteiger partial charge in [0.1, 0.15) is 11.8 Å². The van der Waals surface area contributed by atoms with Crippen molar-refractivity contribution < 1.29 is 27.5 Å². The first-order valence-corrected chi connectivity index (χ1v) is 9.90. The molecule has 0 bridgehead atoms. The summed E-state index contributed by atoms with van der Waals surface area (Å²) < 4.78 is 45.5. The van der Waals surface area contributed by atoms with Gasteiger partial charge in [0.05, 0.1) is 16.0 Å². The van der Waals surface area contributed by atoms with Crippen LogP contribution in [-0.2, 0) is 11.0 Å². The van der Waals surface area contributed by atoms with Crippen LogP contribution < -0.4 is 10.1 Å². The molecule has 11 heteroatoms. The number of rotatable bonds is 5. The zero-order chi connectivity index (χ0) is 22.9. The van der Waals surface area contributed by atoms with Crippen molar-refractivity contribution in [2.75, 3.05) is 5.32 Å². The highest BCUT2D eigenvalue weighted by atomic mass is 32.1. The molecule has 1 N–H and O–H groups in total. The number of hydrogen-bond acceptors (Lipinski definition) is 7. The molecular weight excluding hydrogens is 445 g/mol. The molecule has 0 radical (unpaired) electrons. The Morgan fingerprint density at radius 3 is 2.69 bits per heavy atom. The van der Waals surface area contributed by atoms with Crippen LogP contribution in [-0.4, -0.2) is 27.1 Å². The minimum absolute atomic E-state index is 0.105. The number of fused-ring (bicyclic) bond motifs is 1. The van der Waals surface area contributed by atoms with E-state index in [9.17, 15) is 22.8 Å². The molecule has 4 rings (SSSR count). The number of amides is 1. The smallest absolute Gasteiger partial charge is 0.416 e. The molecular formula is C21H13F3N4O3S. The molecule has 0 unspecified atom stereocenters. The van der Waals surface area contributed by atoms with E-state index in [1.807, 2.05) is 6.07 Å². The number of carbonyl (C=O) groups excluding carboxylic acids is 2. The van der Waals surface area contributed by atoms with Crippen molar-refractivity contribution in [1.29, 1.82) is 0 Å². The number of hydrogen-bond donors (Lipinski definition) is 1. The molecule has 1 amide bonds. The fraction of sp³-hybridized carbons (Fsp3) is 0.0952. The van der Waals surface area contributed by atoms with Crippen molar-refractivity contribution in [3.8, 4) is 22.9 Å². The lowest BCUT2D eigenvalue weighted by Crippen LogP contribution is -2.06. The van der Waals surface area contributed by atoms with Crippen molar-refractivity contribution in [2.45, 2.75) is 13.1 Å². The van der Waals surface area contributed by atoms with Crippen LogP contribution in [0, 0.1) is 0 Å². The van der Waals surface area contributed by atoms with Gasteiger partial charge in [-0.15, -0.1) is 0 Å². The Morgan fingerprint density at radius 2 is 1.97 bits per heavy atom. The molecule has 2 heterocycles. The lowest BCUT2D eigenvalue weighted by atomic mass is 10.0. The number of nitrogens with one attached hydrogen (secondary N) is 1. The van der Waals surface area contributed by atoms with Crippen LogP contribution in [0.1, 0.15) is 22.8 Å². The summed E-state index contributed by atoms with van der Waals surface area (Å²) in [5, 5.41) is 3.03. The summed E-state index contributed by atoms with van der Waals surface area (Å²) in [6.45, 7) is 1.38. The molecule has 0 saturated heterocycles. The predicted octanol–water partition coefficient (Wildman–Crippen LogP) is 5.34. The summed E-state index contributed by atoms with van der Waals surface area (Å²) in [5.41, 5.74) is -0.162. The van der Waals surface area contributed by atoms with Crippen LogP contribution in [0.25, 0.3) is 21.5 Å². The zero-order valence-corrected chi connectivity index (χ0v) is 17.1. The third kappa shape index (κ3) is 4.42. The number of alkyl halides is 3. The molecule has 7 nitrogen and oxygen atoms in total. The van der Waals surface area contributed by atoms with E-state index in [1.54, 1.807) is 12.1 Å². The van der Waals surface area contributed by atoms with Crippen molar-refractivity contribution in [2.24, 2.45) is 0 Å². The van der Waals surface area contributed by atoms with Crippen LogP contribution in [0.4, 0.5) is 18.3 Å². The second-order valence-electron chi connectivity index (χ2n) is 6.56. The topological polar surface area (TPSA) is 94.1 Å². The highest BCUT2D eigenvalue weighted by Gasteiger charge is 2.31. The van der Waals surface area contributed by atoms with Gasteiger partial charge in [0.2, 0.25) is 11.8 Å². The second-order valence-corrected chi connectivity index (χ2v) is 7.59. The van der Waals surface area contributed by atoms with E-state index in [2.05, 4.69) is 20.3 Å². The minimum atomic E-state index is -4.57. The summed E-state index contributed by atoms with van der Waals surface area (Å²) >= 11 is 1.27. The van der Waals surface area contributed by atoms with Gasteiger partial charge in [-0.05, 0) is 24.3 Å². The fourth-order valence-electron chi connectivity index (χ4n) is 2.93. The minimum Gasteiger partial charge on any atom is -0.437 e. The monoisotopic (exact) mass is 458 g/mol. The van der Waals surface area contributed by atoms with E-state index in [-0.39, 0.29) is 28.6 Å². The Kier molecular flexibility index (Phi) is 5.57. The van der Waals surface area contributed by atoms with Crippen molar-refractivity contribution >= 4 is 38.9 Å². The molecule has 0 fully saturated rings. The molecule has 0 saturated carbocycles. The van der Waals surface area contributed by atoms with E-state index in [0.717, 1.165) is 16.8 Å². The number of benzene rings is 2. The first-order valence-electron chi connectivity index (χ1n) is 9.08. The fourth-order valence-corrected chi connectivity index (χ4v) is 3.86. The van der Waals surface area contributed by atoms with Gasteiger partial charge in [-0.3, -0.25) is 9.59 Å². The molecule has 0 aliphatic rings. The number of carbonyl (C=O) groups is 2. The Morgan fingerprint density at radius 1 is 1.16 bits per heavy atom. The van der Waals surface area contributed by atoms with E-state index < -0.39 is 11.7 Å². The van der Waals surface area contributed by atoms with E-state index in [4.69, 9.17) is 4.74 Å². The standard InChI is InChI=1S/C21H13F3N4O3S/c1-11(30)27-20-28-19-16(3-2-4-17(19)32-20)31-18-8-15(25-10-26-18)14-6-5-13(21(22,23)24)7-12(14)9-29/h2-10H,1H3,(H,27,28,30). The number of para-hydroxylation sites is 1. The van der Waals surface area contributed by atoms with Gasteiger partial charge in [-0.2, -0.15) is 13.2 Å². The molecule has 162 valence electrons. The van der Waals surface area contributed by atoms with Crippen LogP contribution in [0.15, 0.2) is 48.8 Å². The van der Waals surface area contributed by atoms with Gasteiger partial charge < -0.3 is 10.1 Å². The maximum Gasteiger partial charge on any atom is 0.416 e. The van der Waals surface area contributed by atoms with Gasteiger partial charge in [0.15, 0.2) is 17.2 Å². The quantitative estimate of drug-likeness (QED) is 0.406. The number of aldehydes is 1. The van der Waals surface area contributed by atoms with E-state index in [0.29, 0.717) is 22.7 Å². The normalized spacial score (nSPS) is 11.4. The predicted molar refractivity (Wildman–Crippen MR) is 112 cm³/mol. The molecule has 0 atom stereocenters. The first-order chi connectivity index (χ1) is 15.2. The number of thiazole rings is 1. The SMILES string of the molecule is CC(=O)Nc1nc2c(Oc3cc(-c4ccc(C(F)(F)F)cc4C=O)ncn3)cccc2s1. The lowest BCUT2D eigenvalue weighted by molar-refractivity contribution is -0.137. The summed E-state index contributed by atoms with van der Waals surface area (Å²) in [5.74, 6) is 0.214. The highest BCUT2D eigenvalue weighted by Crippen LogP contribution is 2.36. The largest absolute Gasteiger partial charge is 0.437 e. The molecule has 32 heavy (non-hydrogen) atoms. The molecule has 4 aromatic rings. The van der Waals surface area contributed by atoms with Crippen molar-refractivity contribution in [3.63, 3.8) is 0 Å². The summed E-state index contributed by atoms with van der Waals surface area (Å²) in [7, 11) is 0. The number of nitrogens with zero attached hydrogens (tertiary/aromatic N) is 3. The third-order valence-corrected chi connectivity index (χ3v) is 5.24. The van der Waals surface area contributed by atoms with Gasteiger partial charge in [-0.1, -0.05) is 23.5 Å². The third-order valence-electron chi connectivity index (χ3n) is 4.30. The van der Waals surface area contributed by atoms with Crippen molar-refractivity contribution in [3.05, 3.63) is 59.9 Å². The van der Waals surface area contributed by atoms with E-state index in [1.165, 1.54) is 36.7 Å². The van der Waals surface area contributed by atoms with Crippen LogP contribution in [0.2, 0.25) is 0 Å². The number of ether oxygens (including phenoxy) is 1. The van der Waals surface area contributed by atoms with Gasteiger partial charge >= 0.3 is 6.18 Å². The highest BCUT2D eigenvalue weighted by molar-refractivity contribution is 7.22. The van der Waals surface area contributed by atoms with Gasteiger partial charge in [-0.25, -0.2) is 15.0 Å². The van der Waals surface area contributed by atoms with Crippen LogP contribution >= 0.6 is 11.3 Å². The Bertz CT molecular complexity index is 1340. The Hall–Kier alpha value is -3.86. The molecule has 0 spiro atoms. The van der Waals surface area contributed by atoms with Crippen LogP contribution in [0.5, 0.6) is 11.6 Å². The summed E-state index contributed by atoms with van der Waals surface area (Å²) in [4.78, 5) is 35.1. The number of aromatic nitrogens is 3. The maximum atomic E-state index is 13.0. The van der Waals surface area contributed by atoms with Gasteiger partial charge in [0.25, 0.3) is 0 Å². The maximum absolute atomic E-state index is 13.0. The first kappa shape index (κ1) is 21.4. The van der Waals surface area contributed by atoms with Crippen molar-refractivity contribution in [1.82, 2.24) is 15.0 Å². The average molecular weight is 458 g/mol. The number of halogens is 3. The summed E-state index contributed by atoms with van der Waals surface area (Å²) in [6.07, 6.45) is -3.05. The molecule has 0 aliphatic carbocycles. The zero-order valence-electron chi connectivity index (χ0n) is 16.3. The van der Waals surface area contributed by atoms with Gasteiger partial charge in [0, 0.05) is 24.1 Å². The van der Waals surface area contributed by atoms with E-state index >= 15 is 0 Å². The van der Waals surface area contributed by atoms with Crippen LogP contribution in [0.3, 0.4) is 0 Å². The second kappa shape index (κ2) is 8.35. The molecule has 2 aromatic carbocycles.